The Bertz CT molecular complexity index is 1840. The first-order valence-electron chi connectivity index (χ1n) is 12.3. The third-order valence-corrected chi connectivity index (χ3v) is 6.70. The summed E-state index contributed by atoms with van der Waals surface area (Å²) < 4.78 is 2.37. The third kappa shape index (κ3) is 4.05. The van der Waals surface area contributed by atoms with Crippen LogP contribution in [0.1, 0.15) is 0 Å². The summed E-state index contributed by atoms with van der Waals surface area (Å²) in [6.07, 6.45) is 3.63. The quantitative estimate of drug-likeness (QED) is 0.175. The molecular weight excluding hydrogens is 643 g/mol. The van der Waals surface area contributed by atoms with E-state index in [4.69, 9.17) is 0 Å². The van der Waals surface area contributed by atoms with E-state index in [0.29, 0.717) is 0 Å². The molecule has 4 aromatic carbocycles. The average Bonchev–Trinajstić information content (AvgIpc) is 3.51. The van der Waals surface area contributed by atoms with E-state index in [9.17, 15) is 0 Å². The number of benzene rings is 4. The van der Waals surface area contributed by atoms with Crippen molar-refractivity contribution >= 4 is 38.1 Å². The van der Waals surface area contributed by atoms with Crippen molar-refractivity contribution in [2.45, 2.75) is 0 Å². The fraction of sp³-hybridized carbons (Fsp3) is 0. The molecule has 0 fully saturated rings. The van der Waals surface area contributed by atoms with Gasteiger partial charge < -0.3 is 9.38 Å². The summed E-state index contributed by atoms with van der Waals surface area (Å²) in [7, 11) is 0. The molecule has 0 saturated carbocycles. The van der Waals surface area contributed by atoms with Gasteiger partial charge in [0.25, 0.3) is 0 Å². The number of para-hydroxylation sites is 2. The molecule has 4 heteroatoms. The first kappa shape index (κ1) is 24.0. The number of rotatable bonds is 2. The Labute approximate surface area is 234 Å². The molecule has 0 aliphatic rings. The molecule has 1 radical (unpaired) electrons. The van der Waals surface area contributed by atoms with Gasteiger partial charge in [0, 0.05) is 49.2 Å². The predicted octanol–water partition coefficient (Wildman–Crippen LogP) is 8.25. The van der Waals surface area contributed by atoms with Crippen molar-refractivity contribution in [2.75, 3.05) is 0 Å². The van der Waals surface area contributed by atoms with E-state index in [1.54, 1.807) is 6.20 Å². The second-order valence-electron chi connectivity index (χ2n) is 8.90. The van der Waals surface area contributed by atoms with Crippen molar-refractivity contribution < 1.29 is 20.1 Å². The topological polar surface area (TPSA) is 30.2 Å². The minimum Gasteiger partial charge on any atom is -0.348 e. The number of pyridine rings is 2. The van der Waals surface area contributed by atoms with Crippen molar-refractivity contribution in [2.24, 2.45) is 0 Å². The largest absolute Gasteiger partial charge is 0.348 e. The second-order valence-corrected chi connectivity index (χ2v) is 8.90. The maximum atomic E-state index is 4.53. The smallest absolute Gasteiger partial charge is 0.0451 e. The molecular formula is C34H21IrN3-2. The van der Waals surface area contributed by atoms with Gasteiger partial charge in [0.05, 0.1) is 0 Å². The molecule has 0 saturated heterocycles. The first-order chi connectivity index (χ1) is 18.4. The average molecular weight is 664 g/mol. The van der Waals surface area contributed by atoms with Gasteiger partial charge in [0.2, 0.25) is 0 Å². The number of hydrogen-bond donors (Lipinski definition) is 0. The molecule has 4 heterocycles. The number of hydrogen-bond acceptors (Lipinski definition) is 2. The van der Waals surface area contributed by atoms with Gasteiger partial charge in [-0.1, -0.05) is 82.4 Å². The van der Waals surface area contributed by atoms with Crippen molar-refractivity contribution in [3.05, 3.63) is 140 Å². The van der Waals surface area contributed by atoms with Crippen molar-refractivity contribution in [1.82, 2.24) is 14.4 Å². The molecule has 0 amide bonds. The Morgan fingerprint density at radius 3 is 1.82 bits per heavy atom. The normalized spacial score (nSPS) is 10.9. The maximum Gasteiger partial charge on any atom is 0.0451 e. The van der Waals surface area contributed by atoms with Crippen molar-refractivity contribution in [3.63, 3.8) is 0 Å². The van der Waals surface area contributed by atoms with E-state index in [0.717, 1.165) is 22.5 Å². The van der Waals surface area contributed by atoms with Crippen LogP contribution in [-0.2, 0) is 20.1 Å². The summed E-state index contributed by atoms with van der Waals surface area (Å²) in [6, 6.07) is 45.9. The molecule has 0 aliphatic heterocycles. The monoisotopic (exact) mass is 664 g/mol. The fourth-order valence-electron chi connectivity index (χ4n) is 5.09. The van der Waals surface area contributed by atoms with E-state index in [-0.39, 0.29) is 20.1 Å². The van der Waals surface area contributed by atoms with Gasteiger partial charge >= 0.3 is 0 Å². The molecule has 183 valence electrons. The van der Waals surface area contributed by atoms with E-state index in [1.807, 2.05) is 66.9 Å². The maximum absolute atomic E-state index is 4.53. The molecule has 38 heavy (non-hydrogen) atoms. The van der Waals surface area contributed by atoms with E-state index >= 15 is 0 Å². The SMILES string of the molecule is [Ir].[c-]1c(-c2ccccn2)cc2c3ccccc3n3c4ccccc4c1c23.[c-]1ccccc1-c1ccccn1. The summed E-state index contributed by atoms with van der Waals surface area (Å²) in [5, 5.41) is 4.96. The van der Waals surface area contributed by atoms with Gasteiger partial charge in [-0.3, -0.25) is 4.98 Å². The minimum absolute atomic E-state index is 0. The zero-order valence-electron chi connectivity index (χ0n) is 20.3. The summed E-state index contributed by atoms with van der Waals surface area (Å²) in [5.74, 6) is 0. The molecule has 0 unspecified atom stereocenters. The van der Waals surface area contributed by atoms with Gasteiger partial charge in [0.1, 0.15) is 0 Å². The number of aromatic nitrogens is 3. The van der Waals surface area contributed by atoms with Crippen LogP contribution < -0.4 is 0 Å². The Balaban J connectivity index is 0.000000172. The molecule has 0 N–H and O–H groups in total. The van der Waals surface area contributed by atoms with Crippen LogP contribution in [0.4, 0.5) is 0 Å². The first-order valence-corrected chi connectivity index (χ1v) is 12.3. The summed E-state index contributed by atoms with van der Waals surface area (Å²) in [6.45, 7) is 0. The minimum atomic E-state index is 0. The standard InChI is InChI=1S/C23H13N2.C11H8N.Ir/c1-3-10-21-16(7-1)18-13-15(20-9-5-6-12-24-20)14-19-17-8-2-4-11-22(17)25(21)23(18)19;1-2-6-10(7-3-1)11-8-4-5-9-12-11;/h1-13H;1-6,8-9H;/q2*-1;. The van der Waals surface area contributed by atoms with Crippen LogP contribution in [0.5, 0.6) is 0 Å². The van der Waals surface area contributed by atoms with Crippen molar-refractivity contribution in [3.8, 4) is 22.5 Å². The fourth-order valence-corrected chi connectivity index (χ4v) is 5.09. The van der Waals surface area contributed by atoms with Crippen LogP contribution >= 0.6 is 0 Å². The molecule has 3 nitrogen and oxygen atoms in total. The Kier molecular flexibility index (Phi) is 6.43. The van der Waals surface area contributed by atoms with Gasteiger partial charge in [0.15, 0.2) is 0 Å². The van der Waals surface area contributed by atoms with E-state index < -0.39 is 0 Å². The molecule has 8 aromatic rings. The summed E-state index contributed by atoms with van der Waals surface area (Å²) in [5.41, 5.74) is 7.75. The van der Waals surface area contributed by atoms with Crippen LogP contribution in [0.2, 0.25) is 0 Å². The molecule has 4 aromatic heterocycles. The molecule has 8 rings (SSSR count). The molecule has 0 aliphatic carbocycles. The van der Waals surface area contributed by atoms with Gasteiger partial charge in [-0.2, -0.15) is 0 Å². The zero-order chi connectivity index (χ0) is 24.6. The predicted molar refractivity (Wildman–Crippen MR) is 152 cm³/mol. The second kappa shape index (κ2) is 10.2. The van der Waals surface area contributed by atoms with Crippen molar-refractivity contribution in [1.29, 1.82) is 0 Å². The van der Waals surface area contributed by atoms with Crippen LogP contribution in [0, 0.1) is 12.1 Å². The Morgan fingerprint density at radius 1 is 0.553 bits per heavy atom. The Morgan fingerprint density at radius 2 is 1.16 bits per heavy atom. The van der Waals surface area contributed by atoms with E-state index in [2.05, 4.69) is 81.1 Å². The summed E-state index contributed by atoms with van der Waals surface area (Å²) in [4.78, 5) is 8.75. The zero-order valence-corrected chi connectivity index (χ0v) is 22.7. The number of nitrogens with zero attached hydrogens (tertiary/aromatic N) is 3. The van der Waals surface area contributed by atoms with Crippen LogP contribution in [0.15, 0.2) is 128 Å². The van der Waals surface area contributed by atoms with Crippen LogP contribution in [-0.4, -0.2) is 14.4 Å². The molecule has 0 bridgehead atoms. The molecule has 0 atom stereocenters. The van der Waals surface area contributed by atoms with Gasteiger partial charge in [-0.15, -0.1) is 48.0 Å². The third-order valence-electron chi connectivity index (χ3n) is 6.70. The Hall–Kier alpha value is -4.37. The molecule has 0 spiro atoms. The number of fused-ring (bicyclic) bond motifs is 6. The van der Waals surface area contributed by atoms with Gasteiger partial charge in [-0.25, -0.2) is 0 Å². The van der Waals surface area contributed by atoms with Crippen LogP contribution in [0.25, 0.3) is 60.6 Å². The summed E-state index contributed by atoms with van der Waals surface area (Å²) >= 11 is 0. The van der Waals surface area contributed by atoms with Crippen LogP contribution in [0.3, 0.4) is 0 Å². The van der Waals surface area contributed by atoms with Gasteiger partial charge in [-0.05, 0) is 40.9 Å². The van der Waals surface area contributed by atoms with E-state index in [1.165, 1.54) is 38.1 Å².